The Bertz CT molecular complexity index is 869. The van der Waals surface area contributed by atoms with E-state index in [0.29, 0.717) is 23.7 Å². The zero-order valence-electron chi connectivity index (χ0n) is 15.4. The third kappa shape index (κ3) is 5.51. The zero-order chi connectivity index (χ0) is 19.6. The van der Waals surface area contributed by atoms with Gasteiger partial charge in [0.15, 0.2) is 11.5 Å². The van der Waals surface area contributed by atoms with E-state index in [-0.39, 0.29) is 17.0 Å². The predicted molar refractivity (Wildman–Crippen MR) is 104 cm³/mol. The minimum Gasteiger partial charge on any atom is -0.506 e. The number of anilines is 1. The average molecular weight is 366 g/mol. The van der Waals surface area contributed by atoms with Crippen LogP contribution >= 0.6 is 0 Å². The standard InChI is InChI=1S/C21H22N2O4/c1-3-4-11-27-19-10-9-15(13-20(19)26-2)12-16(14-22)21(25)23-17-7-5-6-8-18(17)24/h5-10,12-13,24H,3-4,11H2,1-2H3,(H,23,25)/b16-12+. The van der Waals surface area contributed by atoms with Gasteiger partial charge in [-0.05, 0) is 42.3 Å². The summed E-state index contributed by atoms with van der Waals surface area (Å²) in [5, 5.41) is 21.6. The first-order valence-corrected chi connectivity index (χ1v) is 8.61. The first-order valence-electron chi connectivity index (χ1n) is 8.61. The van der Waals surface area contributed by atoms with E-state index >= 15 is 0 Å². The summed E-state index contributed by atoms with van der Waals surface area (Å²) >= 11 is 0. The second-order valence-corrected chi connectivity index (χ2v) is 5.75. The Labute approximate surface area is 158 Å². The summed E-state index contributed by atoms with van der Waals surface area (Å²) in [6.07, 6.45) is 3.42. The number of phenols is 1. The summed E-state index contributed by atoms with van der Waals surface area (Å²) in [6.45, 7) is 2.67. The van der Waals surface area contributed by atoms with Gasteiger partial charge in [-0.1, -0.05) is 31.5 Å². The summed E-state index contributed by atoms with van der Waals surface area (Å²) in [5.74, 6) is 0.457. The first-order chi connectivity index (χ1) is 13.1. The molecule has 0 aliphatic heterocycles. The Morgan fingerprint density at radius 3 is 2.70 bits per heavy atom. The van der Waals surface area contributed by atoms with E-state index in [1.165, 1.54) is 19.3 Å². The number of nitriles is 1. The van der Waals surface area contributed by atoms with Crippen LogP contribution < -0.4 is 14.8 Å². The van der Waals surface area contributed by atoms with Gasteiger partial charge in [0.25, 0.3) is 5.91 Å². The van der Waals surface area contributed by atoms with Crippen LogP contribution in [0.2, 0.25) is 0 Å². The molecule has 6 nitrogen and oxygen atoms in total. The number of amides is 1. The summed E-state index contributed by atoms with van der Waals surface area (Å²) in [5.41, 5.74) is 0.763. The van der Waals surface area contributed by atoms with Crippen molar-refractivity contribution in [2.24, 2.45) is 0 Å². The molecule has 2 N–H and O–H groups in total. The molecule has 0 unspecified atom stereocenters. The third-order valence-corrected chi connectivity index (χ3v) is 3.77. The number of nitrogens with one attached hydrogen (secondary N) is 1. The lowest BCUT2D eigenvalue weighted by Crippen LogP contribution is -2.13. The van der Waals surface area contributed by atoms with Crippen molar-refractivity contribution < 1.29 is 19.4 Å². The second-order valence-electron chi connectivity index (χ2n) is 5.75. The lowest BCUT2D eigenvalue weighted by molar-refractivity contribution is -0.112. The molecule has 2 rings (SSSR count). The number of hydrogen-bond acceptors (Lipinski definition) is 5. The molecule has 0 atom stereocenters. The Kier molecular flexibility index (Phi) is 7.26. The van der Waals surface area contributed by atoms with E-state index in [1.807, 2.05) is 6.07 Å². The number of aromatic hydroxyl groups is 1. The van der Waals surface area contributed by atoms with Crippen LogP contribution in [0, 0.1) is 11.3 Å². The van der Waals surface area contributed by atoms with Crippen LogP contribution in [-0.2, 0) is 4.79 Å². The topological polar surface area (TPSA) is 91.6 Å². The van der Waals surface area contributed by atoms with Gasteiger partial charge in [-0.3, -0.25) is 4.79 Å². The molecule has 0 aliphatic carbocycles. The molecule has 6 heteroatoms. The molecular weight excluding hydrogens is 344 g/mol. The van der Waals surface area contributed by atoms with Gasteiger partial charge in [-0.25, -0.2) is 0 Å². The van der Waals surface area contributed by atoms with Crippen LogP contribution in [-0.4, -0.2) is 24.7 Å². The fourth-order valence-electron chi connectivity index (χ4n) is 2.30. The maximum atomic E-state index is 12.3. The fourth-order valence-corrected chi connectivity index (χ4v) is 2.30. The second kappa shape index (κ2) is 9.88. The Morgan fingerprint density at radius 2 is 2.04 bits per heavy atom. The van der Waals surface area contributed by atoms with Gasteiger partial charge in [0, 0.05) is 0 Å². The minimum absolute atomic E-state index is 0.0709. The number of ether oxygens (including phenoxy) is 2. The molecule has 0 fully saturated rings. The first kappa shape index (κ1) is 19.9. The number of para-hydroxylation sites is 2. The molecule has 27 heavy (non-hydrogen) atoms. The summed E-state index contributed by atoms with van der Waals surface area (Å²) in [6, 6.07) is 13.4. The van der Waals surface area contributed by atoms with Gasteiger partial charge in [0.05, 0.1) is 19.4 Å². The van der Waals surface area contributed by atoms with Crippen molar-refractivity contribution in [3.05, 3.63) is 53.6 Å². The highest BCUT2D eigenvalue weighted by molar-refractivity contribution is 6.10. The molecule has 0 bridgehead atoms. The minimum atomic E-state index is -0.610. The average Bonchev–Trinajstić information content (AvgIpc) is 2.68. The molecule has 0 radical (unpaired) electrons. The number of carbonyl (C=O) groups excluding carboxylic acids is 1. The molecule has 2 aromatic rings. The van der Waals surface area contributed by atoms with E-state index in [1.54, 1.807) is 36.4 Å². The summed E-state index contributed by atoms with van der Waals surface area (Å²) in [4.78, 5) is 12.3. The summed E-state index contributed by atoms with van der Waals surface area (Å²) in [7, 11) is 1.53. The quantitative estimate of drug-likeness (QED) is 0.317. The van der Waals surface area contributed by atoms with Crippen LogP contribution in [0.15, 0.2) is 48.0 Å². The van der Waals surface area contributed by atoms with Crippen molar-refractivity contribution >= 4 is 17.7 Å². The largest absolute Gasteiger partial charge is 0.506 e. The molecule has 0 saturated heterocycles. The van der Waals surface area contributed by atoms with Crippen LogP contribution in [0.3, 0.4) is 0 Å². The maximum absolute atomic E-state index is 12.3. The van der Waals surface area contributed by atoms with Gasteiger partial charge in [-0.15, -0.1) is 0 Å². The van der Waals surface area contributed by atoms with E-state index in [4.69, 9.17) is 9.47 Å². The number of methoxy groups -OCH3 is 1. The number of phenolic OH excluding ortho intramolecular Hbond substituents is 1. The smallest absolute Gasteiger partial charge is 0.266 e. The van der Waals surface area contributed by atoms with E-state index < -0.39 is 5.91 Å². The highest BCUT2D eigenvalue weighted by Crippen LogP contribution is 2.29. The number of carbonyl (C=O) groups is 1. The van der Waals surface area contributed by atoms with E-state index in [0.717, 1.165) is 12.8 Å². The van der Waals surface area contributed by atoms with Gasteiger partial charge >= 0.3 is 0 Å². The molecular formula is C21H22N2O4. The van der Waals surface area contributed by atoms with Crippen molar-refractivity contribution in [3.8, 4) is 23.3 Å². The lowest BCUT2D eigenvalue weighted by Gasteiger charge is -2.11. The van der Waals surface area contributed by atoms with Crippen molar-refractivity contribution in [1.82, 2.24) is 0 Å². The lowest BCUT2D eigenvalue weighted by atomic mass is 10.1. The highest BCUT2D eigenvalue weighted by Gasteiger charge is 2.12. The fraction of sp³-hybridized carbons (Fsp3) is 0.238. The number of rotatable bonds is 8. The molecule has 0 saturated carbocycles. The summed E-state index contributed by atoms with van der Waals surface area (Å²) < 4.78 is 11.0. The van der Waals surface area contributed by atoms with Crippen LogP contribution in [0.1, 0.15) is 25.3 Å². The number of hydrogen-bond donors (Lipinski definition) is 2. The SMILES string of the molecule is CCCCOc1ccc(/C=C(\C#N)C(=O)Nc2ccccc2O)cc1OC. The molecule has 1 amide bonds. The third-order valence-electron chi connectivity index (χ3n) is 3.77. The monoisotopic (exact) mass is 366 g/mol. The van der Waals surface area contributed by atoms with E-state index in [9.17, 15) is 15.2 Å². The number of benzene rings is 2. The predicted octanol–water partition coefficient (Wildman–Crippen LogP) is 4.13. The number of nitrogens with zero attached hydrogens (tertiary/aromatic N) is 1. The van der Waals surface area contributed by atoms with Gasteiger partial charge in [0.2, 0.25) is 0 Å². The van der Waals surface area contributed by atoms with Gasteiger partial charge in [0.1, 0.15) is 17.4 Å². The Morgan fingerprint density at radius 1 is 1.26 bits per heavy atom. The molecule has 0 heterocycles. The van der Waals surface area contributed by atoms with Crippen molar-refractivity contribution in [2.45, 2.75) is 19.8 Å². The Hall–Kier alpha value is -3.46. The van der Waals surface area contributed by atoms with Gasteiger partial charge < -0.3 is 19.9 Å². The van der Waals surface area contributed by atoms with Crippen LogP contribution in [0.4, 0.5) is 5.69 Å². The molecule has 2 aromatic carbocycles. The van der Waals surface area contributed by atoms with Crippen molar-refractivity contribution in [3.63, 3.8) is 0 Å². The van der Waals surface area contributed by atoms with Crippen LogP contribution in [0.25, 0.3) is 6.08 Å². The molecule has 0 aliphatic rings. The number of unbranched alkanes of at least 4 members (excludes halogenated alkanes) is 1. The van der Waals surface area contributed by atoms with Crippen LogP contribution in [0.5, 0.6) is 17.2 Å². The van der Waals surface area contributed by atoms with Gasteiger partial charge in [-0.2, -0.15) is 5.26 Å². The normalized spacial score (nSPS) is 10.8. The molecule has 0 spiro atoms. The van der Waals surface area contributed by atoms with Crippen molar-refractivity contribution in [2.75, 3.05) is 19.0 Å². The maximum Gasteiger partial charge on any atom is 0.266 e. The van der Waals surface area contributed by atoms with Crippen molar-refractivity contribution in [1.29, 1.82) is 5.26 Å². The highest BCUT2D eigenvalue weighted by atomic mass is 16.5. The van der Waals surface area contributed by atoms with E-state index in [2.05, 4.69) is 12.2 Å². The zero-order valence-corrected chi connectivity index (χ0v) is 15.4. The molecule has 140 valence electrons. The Balaban J connectivity index is 2.20. The molecule has 0 aromatic heterocycles.